The number of hydrogen-bond donors (Lipinski definition) is 1. The number of ether oxygens (including phenoxy) is 1. The number of halogens is 1. The van der Waals surface area contributed by atoms with Gasteiger partial charge in [0, 0.05) is 24.0 Å². The third-order valence-corrected chi connectivity index (χ3v) is 4.45. The molecule has 0 aliphatic carbocycles. The van der Waals surface area contributed by atoms with Crippen LogP contribution in [0.25, 0.3) is 10.8 Å². The number of hydrogen-bond acceptors (Lipinski definition) is 2. The second kappa shape index (κ2) is 11.8. The van der Waals surface area contributed by atoms with Gasteiger partial charge >= 0.3 is 0 Å². The monoisotopic (exact) mass is 376 g/mol. The van der Waals surface area contributed by atoms with E-state index >= 15 is 0 Å². The van der Waals surface area contributed by atoms with Gasteiger partial charge in [-0.05, 0) is 36.8 Å². The second-order valence-electron chi connectivity index (χ2n) is 6.55. The molecule has 0 fully saturated rings. The normalized spacial score (nSPS) is 10.4. The summed E-state index contributed by atoms with van der Waals surface area (Å²) in [5.74, 6) is 1.55. The van der Waals surface area contributed by atoms with E-state index in [2.05, 4.69) is 43.9 Å². The minimum Gasteiger partial charge on any atom is -0.493 e. The maximum absolute atomic E-state index is 8.72. The Morgan fingerprint density at radius 2 is 1.54 bits per heavy atom. The lowest BCUT2D eigenvalue weighted by Crippen LogP contribution is -2.32. The molecule has 0 saturated heterocycles. The fraction of sp³-hybridized carbons (Fsp3) is 0.500. The molecule has 2 rings (SSSR count). The molecule has 0 saturated carbocycles. The summed E-state index contributed by atoms with van der Waals surface area (Å²) in [6.45, 7) is 9.15. The zero-order valence-electron chi connectivity index (χ0n) is 16.4. The molecule has 2 aromatic rings. The highest BCUT2D eigenvalue weighted by atomic mass is 35.5. The van der Waals surface area contributed by atoms with Crippen LogP contribution in [0, 0.1) is 5.41 Å². The highest BCUT2D eigenvalue weighted by Gasteiger charge is 2.15. The van der Waals surface area contributed by atoms with Crippen molar-refractivity contribution in [3.8, 4) is 5.75 Å². The molecule has 144 valence electrons. The van der Waals surface area contributed by atoms with E-state index in [0.29, 0.717) is 5.84 Å². The molecule has 26 heavy (non-hydrogen) atoms. The van der Waals surface area contributed by atoms with E-state index in [1.165, 1.54) is 12.8 Å². The Bertz CT molecular complexity index is 681. The van der Waals surface area contributed by atoms with Crippen LogP contribution >= 0.6 is 12.4 Å². The molecule has 0 aliphatic rings. The average Bonchev–Trinajstić information content (AvgIpc) is 2.64. The average molecular weight is 377 g/mol. The molecular weight excluding hydrogens is 344 g/mol. The quantitative estimate of drug-likeness (QED) is 0.301. The Labute approximate surface area is 164 Å². The zero-order valence-corrected chi connectivity index (χ0v) is 17.2. The Hall–Kier alpha value is -1.74. The van der Waals surface area contributed by atoms with Crippen LogP contribution in [0.3, 0.4) is 0 Å². The third-order valence-electron chi connectivity index (χ3n) is 4.45. The highest BCUT2D eigenvalue weighted by molar-refractivity contribution is 6.09. The largest absolute Gasteiger partial charge is 0.493 e. The Morgan fingerprint density at radius 1 is 0.885 bits per heavy atom. The SMILES string of the molecule is CCCCCOc1ccc(C(=N)N(CCC)CCC)c2ccccc12.Cl. The van der Waals surface area contributed by atoms with Crippen LogP contribution in [-0.2, 0) is 0 Å². The fourth-order valence-electron chi connectivity index (χ4n) is 3.18. The predicted octanol–water partition coefficient (Wildman–Crippen LogP) is 6.28. The summed E-state index contributed by atoms with van der Waals surface area (Å²) >= 11 is 0. The molecule has 1 N–H and O–H groups in total. The van der Waals surface area contributed by atoms with Crippen LogP contribution in [0.1, 0.15) is 58.4 Å². The number of rotatable bonds is 10. The molecule has 3 nitrogen and oxygen atoms in total. The van der Waals surface area contributed by atoms with E-state index in [-0.39, 0.29) is 12.4 Å². The summed E-state index contributed by atoms with van der Waals surface area (Å²) in [7, 11) is 0. The smallest absolute Gasteiger partial charge is 0.128 e. The molecule has 4 heteroatoms. The lowest BCUT2D eigenvalue weighted by atomic mass is 10.0. The molecule has 2 aromatic carbocycles. The molecule has 0 unspecified atom stereocenters. The Morgan fingerprint density at radius 3 is 2.15 bits per heavy atom. The summed E-state index contributed by atoms with van der Waals surface area (Å²) in [5.41, 5.74) is 0.999. The maximum atomic E-state index is 8.72. The van der Waals surface area contributed by atoms with Crippen LogP contribution in [-0.4, -0.2) is 30.4 Å². The molecule has 0 atom stereocenters. The van der Waals surface area contributed by atoms with Gasteiger partial charge in [-0.25, -0.2) is 0 Å². The number of fused-ring (bicyclic) bond motifs is 1. The number of unbranched alkanes of at least 4 members (excludes halogenated alkanes) is 2. The van der Waals surface area contributed by atoms with Crippen molar-refractivity contribution in [2.24, 2.45) is 0 Å². The molecule has 0 aliphatic heterocycles. The number of nitrogens with zero attached hydrogens (tertiary/aromatic N) is 1. The van der Waals surface area contributed by atoms with Crippen molar-refractivity contribution in [2.45, 2.75) is 52.9 Å². The van der Waals surface area contributed by atoms with E-state index < -0.39 is 0 Å². The number of nitrogens with one attached hydrogen (secondary N) is 1. The van der Waals surface area contributed by atoms with Gasteiger partial charge in [0.1, 0.15) is 11.6 Å². The van der Waals surface area contributed by atoms with Crippen molar-refractivity contribution in [2.75, 3.05) is 19.7 Å². The fourth-order valence-corrected chi connectivity index (χ4v) is 3.18. The molecule has 0 spiro atoms. The molecule has 0 heterocycles. The van der Waals surface area contributed by atoms with E-state index in [9.17, 15) is 0 Å². The van der Waals surface area contributed by atoms with E-state index in [4.69, 9.17) is 10.1 Å². The van der Waals surface area contributed by atoms with Crippen LogP contribution in [0.15, 0.2) is 36.4 Å². The minimum absolute atomic E-state index is 0. The Kier molecular flexibility index (Phi) is 10.1. The van der Waals surface area contributed by atoms with Gasteiger partial charge in [-0.2, -0.15) is 0 Å². The Balaban J connectivity index is 0.00000338. The lowest BCUT2D eigenvalue weighted by molar-refractivity contribution is 0.310. The number of benzene rings is 2. The van der Waals surface area contributed by atoms with Crippen LogP contribution in [0.2, 0.25) is 0 Å². The van der Waals surface area contributed by atoms with Gasteiger partial charge in [0.2, 0.25) is 0 Å². The first-order chi connectivity index (χ1) is 12.2. The topological polar surface area (TPSA) is 36.3 Å². The van der Waals surface area contributed by atoms with Crippen molar-refractivity contribution in [3.05, 3.63) is 42.0 Å². The summed E-state index contributed by atoms with van der Waals surface area (Å²) in [5, 5.41) is 10.9. The van der Waals surface area contributed by atoms with Gasteiger partial charge < -0.3 is 9.64 Å². The minimum atomic E-state index is 0. The highest BCUT2D eigenvalue weighted by Crippen LogP contribution is 2.29. The summed E-state index contributed by atoms with van der Waals surface area (Å²) in [6.07, 6.45) is 5.59. The second-order valence-corrected chi connectivity index (χ2v) is 6.55. The van der Waals surface area contributed by atoms with Gasteiger partial charge in [-0.3, -0.25) is 5.41 Å². The molecule has 0 bridgehead atoms. The van der Waals surface area contributed by atoms with Crippen LogP contribution in [0.4, 0.5) is 0 Å². The zero-order chi connectivity index (χ0) is 18.1. The first kappa shape index (κ1) is 22.3. The molecular formula is C22H33ClN2O. The van der Waals surface area contributed by atoms with Gasteiger partial charge in [-0.15, -0.1) is 12.4 Å². The number of amidine groups is 1. The van der Waals surface area contributed by atoms with E-state index in [0.717, 1.165) is 61.0 Å². The molecule has 0 aromatic heterocycles. The molecule has 0 radical (unpaired) electrons. The predicted molar refractivity (Wildman–Crippen MR) is 115 cm³/mol. The van der Waals surface area contributed by atoms with Crippen molar-refractivity contribution in [1.82, 2.24) is 4.90 Å². The van der Waals surface area contributed by atoms with Crippen LogP contribution in [0.5, 0.6) is 5.75 Å². The van der Waals surface area contributed by atoms with Gasteiger partial charge in [0.05, 0.1) is 6.61 Å². The standard InChI is InChI=1S/C22H32N2O.ClH/c1-4-7-10-17-25-21-14-13-20(18-11-8-9-12-19(18)21)22(23)24(15-5-2)16-6-3;/h8-9,11-14,23H,4-7,10,15-17H2,1-3H3;1H. The van der Waals surface area contributed by atoms with E-state index in [1.807, 2.05) is 18.2 Å². The van der Waals surface area contributed by atoms with Gasteiger partial charge in [0.15, 0.2) is 0 Å². The third kappa shape index (κ3) is 5.63. The molecule has 0 amide bonds. The summed E-state index contributed by atoms with van der Waals surface area (Å²) in [4.78, 5) is 2.18. The van der Waals surface area contributed by atoms with Gasteiger partial charge in [0.25, 0.3) is 0 Å². The lowest BCUT2D eigenvalue weighted by Gasteiger charge is -2.25. The summed E-state index contributed by atoms with van der Waals surface area (Å²) in [6, 6.07) is 12.4. The first-order valence-corrected chi connectivity index (χ1v) is 9.71. The van der Waals surface area contributed by atoms with Crippen molar-refractivity contribution < 1.29 is 4.74 Å². The van der Waals surface area contributed by atoms with E-state index in [1.54, 1.807) is 0 Å². The maximum Gasteiger partial charge on any atom is 0.128 e. The van der Waals surface area contributed by atoms with Crippen molar-refractivity contribution in [1.29, 1.82) is 5.41 Å². The van der Waals surface area contributed by atoms with Crippen LogP contribution < -0.4 is 4.74 Å². The van der Waals surface area contributed by atoms with Crippen molar-refractivity contribution >= 4 is 29.0 Å². The first-order valence-electron chi connectivity index (χ1n) is 9.71. The summed E-state index contributed by atoms with van der Waals surface area (Å²) < 4.78 is 6.03. The van der Waals surface area contributed by atoms with Crippen molar-refractivity contribution in [3.63, 3.8) is 0 Å². The van der Waals surface area contributed by atoms with Gasteiger partial charge in [-0.1, -0.05) is 57.9 Å².